The van der Waals surface area contributed by atoms with Gasteiger partial charge in [-0.1, -0.05) is 73.8 Å². The molecule has 3 aromatic rings. The Labute approximate surface area is 262 Å². The van der Waals surface area contributed by atoms with Crippen LogP contribution >= 0.6 is 23.2 Å². The first-order valence-corrected chi connectivity index (χ1v) is 14.6. The van der Waals surface area contributed by atoms with Crippen molar-refractivity contribution < 1.29 is 28.2 Å². The largest absolute Gasteiger partial charge is 0.467 e. The summed E-state index contributed by atoms with van der Waals surface area (Å²) >= 11 is 12.0. The molecular weight excluding hydrogens is 595 g/mol. The molecule has 3 unspecified atom stereocenters. The summed E-state index contributed by atoms with van der Waals surface area (Å²) in [6.07, 6.45) is 4.54. The van der Waals surface area contributed by atoms with Crippen LogP contribution < -0.4 is 5.32 Å². The summed E-state index contributed by atoms with van der Waals surface area (Å²) in [5, 5.41) is 14.2. The average molecular weight is 635 g/mol. The fourth-order valence-electron chi connectivity index (χ4n) is 5.16. The van der Waals surface area contributed by atoms with E-state index in [2.05, 4.69) is 32.2 Å². The highest BCUT2D eigenvalue weighted by Gasteiger charge is 2.36. The molecule has 0 aliphatic rings. The molecule has 0 aromatic heterocycles. The van der Waals surface area contributed by atoms with E-state index in [0.717, 1.165) is 24.5 Å². The van der Waals surface area contributed by atoms with Gasteiger partial charge in [0, 0.05) is 27.2 Å². The second kappa shape index (κ2) is 16.0. The van der Waals surface area contributed by atoms with Crippen LogP contribution in [0.4, 0.5) is 14.5 Å². The standard InChI is InChI=1S/C18H25ClO3.C16H14ClF2NO/c1-6-7-12(2)10-13(3)15-11-14(19)8-9-16(15)18(4,21)17(20)22-5;1-9-3-6-13(18)16(19)15(9)10(2)12-5-4-11(17)7-14(12)20-8-21/h7-9,11,13,21H,6,10H2,1-5H3;3-8,10H,1-2H3,(H,20,21)/b12-7-;. The van der Waals surface area contributed by atoms with Gasteiger partial charge in [-0.15, -0.1) is 0 Å². The molecule has 0 aliphatic heterocycles. The third-order valence-corrected chi connectivity index (χ3v) is 7.78. The quantitative estimate of drug-likeness (QED) is 0.133. The smallest absolute Gasteiger partial charge is 0.342 e. The van der Waals surface area contributed by atoms with Crippen molar-refractivity contribution in [2.75, 3.05) is 12.4 Å². The first-order valence-electron chi connectivity index (χ1n) is 13.9. The molecule has 232 valence electrons. The number of rotatable bonds is 10. The summed E-state index contributed by atoms with van der Waals surface area (Å²) in [4.78, 5) is 22.6. The number of benzene rings is 3. The Bertz CT molecular complexity index is 1470. The van der Waals surface area contributed by atoms with Gasteiger partial charge in [-0.3, -0.25) is 4.79 Å². The summed E-state index contributed by atoms with van der Waals surface area (Å²) in [7, 11) is 1.27. The molecule has 3 rings (SSSR count). The minimum Gasteiger partial charge on any atom is -0.467 e. The second-order valence-corrected chi connectivity index (χ2v) is 11.5. The van der Waals surface area contributed by atoms with Crippen molar-refractivity contribution in [1.82, 2.24) is 0 Å². The molecular formula is C34H39Cl2F2NO4. The molecule has 3 aromatic carbocycles. The summed E-state index contributed by atoms with van der Waals surface area (Å²) in [5.41, 5.74) is 3.06. The van der Waals surface area contributed by atoms with Gasteiger partial charge >= 0.3 is 5.97 Å². The van der Waals surface area contributed by atoms with Crippen molar-refractivity contribution in [1.29, 1.82) is 0 Å². The van der Waals surface area contributed by atoms with E-state index in [1.807, 2.05) is 6.07 Å². The van der Waals surface area contributed by atoms with E-state index in [4.69, 9.17) is 27.9 Å². The molecule has 0 saturated carbocycles. The monoisotopic (exact) mass is 633 g/mol. The van der Waals surface area contributed by atoms with Crippen LogP contribution in [-0.2, 0) is 19.9 Å². The van der Waals surface area contributed by atoms with E-state index in [-0.39, 0.29) is 11.5 Å². The third kappa shape index (κ3) is 9.12. The highest BCUT2D eigenvalue weighted by atomic mass is 35.5. The van der Waals surface area contributed by atoms with E-state index in [9.17, 15) is 23.5 Å². The van der Waals surface area contributed by atoms with Crippen LogP contribution in [0.2, 0.25) is 10.0 Å². The highest BCUT2D eigenvalue weighted by Crippen LogP contribution is 2.36. The first kappa shape index (κ1) is 35.9. The van der Waals surface area contributed by atoms with Crippen molar-refractivity contribution in [2.24, 2.45) is 0 Å². The Balaban J connectivity index is 0.000000300. The van der Waals surface area contributed by atoms with Gasteiger partial charge in [0.05, 0.1) is 7.11 Å². The number of nitrogens with one attached hydrogen (secondary N) is 1. The number of allylic oxidation sites excluding steroid dienone is 2. The molecule has 43 heavy (non-hydrogen) atoms. The Hall–Kier alpha value is -3.26. The number of anilines is 1. The lowest BCUT2D eigenvalue weighted by Crippen LogP contribution is -2.34. The molecule has 0 spiro atoms. The molecule has 0 radical (unpaired) electrons. The van der Waals surface area contributed by atoms with Crippen LogP contribution in [0.15, 0.2) is 60.2 Å². The van der Waals surface area contributed by atoms with Crippen molar-refractivity contribution in [3.05, 3.63) is 110 Å². The molecule has 9 heteroatoms. The normalized spacial score (nSPS) is 14.1. The van der Waals surface area contributed by atoms with Crippen LogP contribution in [0, 0.1) is 18.6 Å². The van der Waals surface area contributed by atoms with E-state index < -0.39 is 29.1 Å². The molecule has 0 fully saturated rings. The number of carbonyl (C=O) groups is 2. The van der Waals surface area contributed by atoms with Crippen LogP contribution in [0.1, 0.15) is 87.1 Å². The molecule has 5 nitrogen and oxygen atoms in total. The van der Waals surface area contributed by atoms with E-state index in [1.165, 1.54) is 25.7 Å². The minimum atomic E-state index is -1.69. The molecule has 3 atom stereocenters. The Morgan fingerprint density at radius 2 is 1.70 bits per heavy atom. The molecule has 0 heterocycles. The zero-order valence-corrected chi connectivity index (χ0v) is 27.0. The minimum absolute atomic E-state index is 0.132. The fourth-order valence-corrected chi connectivity index (χ4v) is 5.52. The van der Waals surface area contributed by atoms with Gasteiger partial charge < -0.3 is 15.2 Å². The number of methoxy groups -OCH3 is 1. The summed E-state index contributed by atoms with van der Waals surface area (Å²) in [5.74, 6) is -2.73. The predicted octanol–water partition coefficient (Wildman–Crippen LogP) is 9.22. The maximum atomic E-state index is 14.1. The number of hydrogen-bond acceptors (Lipinski definition) is 4. The lowest BCUT2D eigenvalue weighted by Gasteiger charge is -2.26. The van der Waals surface area contributed by atoms with Gasteiger partial charge in [-0.2, -0.15) is 0 Å². The van der Waals surface area contributed by atoms with Gasteiger partial charge in [0.25, 0.3) is 0 Å². The Kier molecular flexibility index (Phi) is 13.4. The van der Waals surface area contributed by atoms with E-state index in [1.54, 1.807) is 44.2 Å². The van der Waals surface area contributed by atoms with E-state index in [0.29, 0.717) is 38.8 Å². The number of aliphatic hydroxyl groups is 1. The van der Waals surface area contributed by atoms with Gasteiger partial charge in [0.15, 0.2) is 17.2 Å². The molecule has 0 bridgehead atoms. The molecule has 1 amide bonds. The lowest BCUT2D eigenvalue weighted by atomic mass is 9.83. The number of carbonyl (C=O) groups excluding carboxylic acids is 2. The second-order valence-electron chi connectivity index (χ2n) is 10.7. The van der Waals surface area contributed by atoms with Crippen molar-refractivity contribution >= 4 is 41.3 Å². The number of amides is 1. The number of hydrogen-bond donors (Lipinski definition) is 2. The van der Waals surface area contributed by atoms with Crippen molar-refractivity contribution in [2.45, 2.75) is 71.8 Å². The van der Waals surface area contributed by atoms with Crippen LogP contribution in [0.5, 0.6) is 0 Å². The van der Waals surface area contributed by atoms with E-state index >= 15 is 0 Å². The number of esters is 1. The molecule has 0 saturated heterocycles. The first-order chi connectivity index (χ1) is 20.2. The predicted molar refractivity (Wildman–Crippen MR) is 170 cm³/mol. The van der Waals surface area contributed by atoms with Crippen molar-refractivity contribution in [3.8, 4) is 0 Å². The van der Waals surface area contributed by atoms with Crippen LogP contribution in [-0.4, -0.2) is 24.6 Å². The summed E-state index contributed by atoms with van der Waals surface area (Å²) < 4.78 is 32.3. The Morgan fingerprint density at radius 3 is 2.30 bits per heavy atom. The van der Waals surface area contributed by atoms with Crippen molar-refractivity contribution in [3.63, 3.8) is 0 Å². The topological polar surface area (TPSA) is 75.6 Å². The number of ether oxygens (including phenoxy) is 1. The van der Waals surface area contributed by atoms with Crippen LogP contribution in [0.3, 0.4) is 0 Å². The van der Waals surface area contributed by atoms with Crippen LogP contribution in [0.25, 0.3) is 0 Å². The zero-order chi connectivity index (χ0) is 32.5. The van der Waals surface area contributed by atoms with Gasteiger partial charge in [0.1, 0.15) is 0 Å². The molecule has 2 N–H and O–H groups in total. The summed E-state index contributed by atoms with van der Waals surface area (Å²) in [6.45, 7) is 11.2. The summed E-state index contributed by atoms with van der Waals surface area (Å²) in [6, 6.07) is 12.8. The number of aryl methyl sites for hydroxylation is 1. The zero-order valence-electron chi connectivity index (χ0n) is 25.5. The number of halogens is 4. The van der Waals surface area contributed by atoms with Gasteiger partial charge in [-0.05, 0) is 92.1 Å². The Morgan fingerprint density at radius 1 is 1.07 bits per heavy atom. The maximum absolute atomic E-state index is 14.1. The van der Waals surface area contributed by atoms with Gasteiger partial charge in [-0.25, -0.2) is 13.6 Å². The maximum Gasteiger partial charge on any atom is 0.342 e. The van der Waals surface area contributed by atoms with Gasteiger partial charge in [0.2, 0.25) is 6.41 Å². The average Bonchev–Trinajstić information content (AvgIpc) is 2.95. The highest BCUT2D eigenvalue weighted by molar-refractivity contribution is 6.31. The molecule has 0 aliphatic carbocycles. The SMILES string of the molecule is CC/C=C(/C)CC(C)c1cc(Cl)ccc1C(C)(O)C(=O)OC.Cc1ccc(F)c(F)c1C(C)c1ccc(Cl)cc1NC=O. The lowest BCUT2D eigenvalue weighted by molar-refractivity contribution is -0.161. The fraction of sp³-hybridized carbons (Fsp3) is 0.353. The third-order valence-electron chi connectivity index (χ3n) is 7.31.